The van der Waals surface area contributed by atoms with Crippen LogP contribution in [0.4, 0.5) is 5.69 Å². The van der Waals surface area contributed by atoms with E-state index in [1.165, 1.54) is 6.20 Å². The van der Waals surface area contributed by atoms with E-state index in [0.29, 0.717) is 23.7 Å². The van der Waals surface area contributed by atoms with Gasteiger partial charge >= 0.3 is 0 Å². The van der Waals surface area contributed by atoms with E-state index in [0.717, 1.165) is 5.69 Å². The van der Waals surface area contributed by atoms with Crippen LogP contribution in [0.5, 0.6) is 0 Å². The molecule has 116 valence electrons. The lowest BCUT2D eigenvalue weighted by atomic mass is 10.1. The van der Waals surface area contributed by atoms with Gasteiger partial charge in [-0.3, -0.25) is 14.6 Å². The summed E-state index contributed by atoms with van der Waals surface area (Å²) in [6.45, 7) is 8.13. The Bertz CT molecular complexity index is 514. The van der Waals surface area contributed by atoms with Crippen LogP contribution in [-0.4, -0.2) is 36.4 Å². The number of aryl methyl sites for hydroxylation is 1. The SMILES string of the molecule is CNc1cc(C)ncc1C(=O)NC(C)C(=O)NCC(C)C. The van der Waals surface area contributed by atoms with Crippen LogP contribution in [0.25, 0.3) is 0 Å². The highest BCUT2D eigenvalue weighted by molar-refractivity contribution is 6.01. The summed E-state index contributed by atoms with van der Waals surface area (Å²) in [6, 6.07) is 1.19. The molecule has 0 aliphatic heterocycles. The number of anilines is 1. The molecule has 1 heterocycles. The summed E-state index contributed by atoms with van der Waals surface area (Å²) in [5.41, 5.74) is 1.93. The van der Waals surface area contributed by atoms with Gasteiger partial charge < -0.3 is 16.0 Å². The molecule has 0 saturated heterocycles. The average molecular weight is 292 g/mol. The quantitative estimate of drug-likeness (QED) is 0.738. The molecule has 1 aromatic heterocycles. The van der Waals surface area contributed by atoms with Gasteiger partial charge in [-0.25, -0.2) is 0 Å². The van der Waals surface area contributed by atoms with Crippen molar-refractivity contribution in [3.8, 4) is 0 Å². The predicted molar refractivity (Wildman–Crippen MR) is 83.3 cm³/mol. The molecular formula is C15H24N4O2. The highest BCUT2D eigenvalue weighted by Crippen LogP contribution is 2.14. The number of hydrogen-bond donors (Lipinski definition) is 3. The molecule has 0 spiro atoms. The molecule has 1 atom stereocenters. The van der Waals surface area contributed by atoms with Crippen LogP contribution < -0.4 is 16.0 Å². The molecule has 3 N–H and O–H groups in total. The Hall–Kier alpha value is -2.11. The fourth-order valence-electron chi connectivity index (χ4n) is 1.75. The summed E-state index contributed by atoms with van der Waals surface area (Å²) < 4.78 is 0. The summed E-state index contributed by atoms with van der Waals surface area (Å²) in [7, 11) is 1.74. The van der Waals surface area contributed by atoms with Crippen molar-refractivity contribution in [1.29, 1.82) is 0 Å². The molecule has 2 amide bonds. The van der Waals surface area contributed by atoms with Crippen LogP contribution in [-0.2, 0) is 4.79 Å². The number of rotatable bonds is 6. The molecular weight excluding hydrogens is 268 g/mol. The molecule has 21 heavy (non-hydrogen) atoms. The van der Waals surface area contributed by atoms with Crippen molar-refractivity contribution in [2.24, 2.45) is 5.92 Å². The number of hydrogen-bond acceptors (Lipinski definition) is 4. The summed E-state index contributed by atoms with van der Waals surface area (Å²) in [5.74, 6) is -0.142. The van der Waals surface area contributed by atoms with E-state index in [-0.39, 0.29) is 11.8 Å². The third-order valence-electron chi connectivity index (χ3n) is 2.98. The van der Waals surface area contributed by atoms with Gasteiger partial charge in [-0.15, -0.1) is 0 Å². The third-order valence-corrected chi connectivity index (χ3v) is 2.98. The molecule has 6 heteroatoms. The zero-order chi connectivity index (χ0) is 16.0. The average Bonchev–Trinajstić information content (AvgIpc) is 2.43. The lowest BCUT2D eigenvalue weighted by molar-refractivity contribution is -0.122. The number of nitrogens with zero attached hydrogens (tertiary/aromatic N) is 1. The standard InChI is InChI=1S/C15H24N4O2/c1-9(2)7-18-14(20)11(4)19-15(21)12-8-17-10(3)6-13(12)16-5/h6,8-9,11H,7H2,1-5H3,(H,16,17)(H,18,20)(H,19,21). The molecule has 0 aliphatic rings. The van der Waals surface area contributed by atoms with Gasteiger partial charge in [0.2, 0.25) is 5.91 Å². The molecule has 0 radical (unpaired) electrons. The van der Waals surface area contributed by atoms with Gasteiger partial charge in [0, 0.05) is 25.5 Å². The Kier molecular flexibility index (Phi) is 6.14. The Morgan fingerprint density at radius 1 is 1.29 bits per heavy atom. The van der Waals surface area contributed by atoms with Crippen molar-refractivity contribution in [2.45, 2.75) is 33.7 Å². The first kappa shape index (κ1) is 16.9. The molecule has 1 unspecified atom stereocenters. The Balaban J connectivity index is 2.70. The minimum absolute atomic E-state index is 0.192. The lowest BCUT2D eigenvalue weighted by Gasteiger charge is -2.16. The predicted octanol–water partition coefficient (Wildman–Crippen LogP) is 1.32. The van der Waals surface area contributed by atoms with Gasteiger partial charge in [0.25, 0.3) is 5.91 Å². The fraction of sp³-hybridized carbons (Fsp3) is 0.533. The Morgan fingerprint density at radius 2 is 1.95 bits per heavy atom. The molecule has 0 aromatic carbocycles. The number of amides is 2. The molecule has 6 nitrogen and oxygen atoms in total. The second-order valence-corrected chi connectivity index (χ2v) is 5.46. The van der Waals surface area contributed by atoms with E-state index in [4.69, 9.17) is 0 Å². The highest BCUT2D eigenvalue weighted by atomic mass is 16.2. The fourth-order valence-corrected chi connectivity index (χ4v) is 1.75. The van der Waals surface area contributed by atoms with E-state index in [9.17, 15) is 9.59 Å². The molecule has 0 aliphatic carbocycles. The second-order valence-electron chi connectivity index (χ2n) is 5.46. The smallest absolute Gasteiger partial charge is 0.255 e. The summed E-state index contributed by atoms with van der Waals surface area (Å²) in [5, 5.41) is 8.43. The van der Waals surface area contributed by atoms with Crippen molar-refractivity contribution < 1.29 is 9.59 Å². The van der Waals surface area contributed by atoms with E-state index in [2.05, 4.69) is 20.9 Å². The van der Waals surface area contributed by atoms with Crippen molar-refractivity contribution in [3.05, 3.63) is 23.5 Å². The first-order valence-corrected chi connectivity index (χ1v) is 7.08. The molecule has 1 rings (SSSR count). The van der Waals surface area contributed by atoms with Gasteiger partial charge in [-0.2, -0.15) is 0 Å². The Morgan fingerprint density at radius 3 is 2.52 bits per heavy atom. The van der Waals surface area contributed by atoms with Gasteiger partial charge in [0.05, 0.1) is 11.3 Å². The van der Waals surface area contributed by atoms with Crippen molar-refractivity contribution in [1.82, 2.24) is 15.6 Å². The maximum atomic E-state index is 12.2. The first-order valence-electron chi connectivity index (χ1n) is 7.08. The number of nitrogens with one attached hydrogen (secondary N) is 3. The van der Waals surface area contributed by atoms with Gasteiger partial charge in [-0.05, 0) is 25.8 Å². The largest absolute Gasteiger partial charge is 0.387 e. The number of carbonyl (C=O) groups is 2. The molecule has 0 saturated carbocycles. The van der Waals surface area contributed by atoms with Crippen LogP contribution in [0.2, 0.25) is 0 Å². The summed E-state index contributed by atoms with van der Waals surface area (Å²) >= 11 is 0. The number of carbonyl (C=O) groups excluding carboxylic acids is 2. The molecule has 0 fully saturated rings. The van der Waals surface area contributed by atoms with E-state index < -0.39 is 6.04 Å². The summed E-state index contributed by atoms with van der Waals surface area (Å²) in [4.78, 5) is 28.2. The maximum absolute atomic E-state index is 12.2. The van der Waals surface area contributed by atoms with Gasteiger partial charge in [0.15, 0.2) is 0 Å². The second kappa shape index (κ2) is 7.61. The van der Waals surface area contributed by atoms with Crippen molar-refractivity contribution in [3.63, 3.8) is 0 Å². The van der Waals surface area contributed by atoms with Crippen LogP contribution in [0.1, 0.15) is 36.8 Å². The number of pyridine rings is 1. The topological polar surface area (TPSA) is 83.1 Å². The Labute approximate surface area is 125 Å². The lowest BCUT2D eigenvalue weighted by Crippen LogP contribution is -2.45. The normalized spacial score (nSPS) is 11.9. The minimum Gasteiger partial charge on any atom is -0.387 e. The van der Waals surface area contributed by atoms with E-state index >= 15 is 0 Å². The summed E-state index contributed by atoms with van der Waals surface area (Å²) in [6.07, 6.45) is 1.51. The third kappa shape index (κ3) is 5.06. The van der Waals surface area contributed by atoms with Crippen LogP contribution in [0.3, 0.4) is 0 Å². The van der Waals surface area contributed by atoms with Gasteiger partial charge in [0.1, 0.15) is 6.04 Å². The highest BCUT2D eigenvalue weighted by Gasteiger charge is 2.18. The van der Waals surface area contributed by atoms with Crippen LogP contribution in [0.15, 0.2) is 12.3 Å². The molecule has 1 aromatic rings. The van der Waals surface area contributed by atoms with Crippen LogP contribution in [0, 0.1) is 12.8 Å². The minimum atomic E-state index is -0.595. The van der Waals surface area contributed by atoms with Crippen molar-refractivity contribution in [2.75, 3.05) is 18.9 Å². The van der Waals surface area contributed by atoms with Crippen molar-refractivity contribution >= 4 is 17.5 Å². The molecule has 0 bridgehead atoms. The first-order chi connectivity index (χ1) is 9.85. The number of aromatic nitrogens is 1. The van der Waals surface area contributed by atoms with E-state index in [1.54, 1.807) is 20.0 Å². The van der Waals surface area contributed by atoms with E-state index in [1.807, 2.05) is 20.8 Å². The van der Waals surface area contributed by atoms with Crippen LogP contribution >= 0.6 is 0 Å². The van der Waals surface area contributed by atoms with Gasteiger partial charge in [-0.1, -0.05) is 13.8 Å². The zero-order valence-electron chi connectivity index (χ0n) is 13.3. The monoisotopic (exact) mass is 292 g/mol. The zero-order valence-corrected chi connectivity index (χ0v) is 13.3. The maximum Gasteiger partial charge on any atom is 0.255 e.